The summed E-state index contributed by atoms with van der Waals surface area (Å²) in [4.78, 5) is 10.3. The normalized spacial score (nSPS) is 10.5. The van der Waals surface area contributed by atoms with Crippen LogP contribution < -0.4 is 15.9 Å². The number of nitrogens with two attached hydrogens (primary N) is 1. The van der Waals surface area contributed by atoms with Gasteiger partial charge in [-0.05, 0) is 24.6 Å². The minimum Gasteiger partial charge on any atom is -0.489 e. The van der Waals surface area contributed by atoms with Crippen molar-refractivity contribution in [2.45, 2.75) is 6.92 Å². The Morgan fingerprint density at radius 3 is 2.94 bits per heavy atom. The second kappa shape index (κ2) is 6.05. The lowest BCUT2D eigenvalue weighted by molar-refractivity contribution is 0.249. The number of carbonyl (C=O) groups excluding carboxylic acids is 1. The molecule has 1 aromatic carbocycles. The minimum atomic E-state index is -0.807. The molecule has 0 radical (unpaired) electrons. The Labute approximate surface area is 102 Å². The lowest BCUT2D eigenvalue weighted by Gasteiger charge is -2.07. The second-order valence-electron chi connectivity index (χ2n) is 2.98. The Morgan fingerprint density at radius 2 is 2.41 bits per heavy atom. The molecule has 0 aliphatic heterocycles. The molecule has 0 aliphatic rings. The van der Waals surface area contributed by atoms with E-state index in [0.29, 0.717) is 12.2 Å². The first-order chi connectivity index (χ1) is 8.04. The molecule has 0 heterocycles. The zero-order valence-electron chi connectivity index (χ0n) is 9.04. The van der Waals surface area contributed by atoms with Gasteiger partial charge in [-0.1, -0.05) is 11.6 Å². The summed E-state index contributed by atoms with van der Waals surface area (Å²) >= 11 is 5.82. The highest BCUT2D eigenvalue weighted by molar-refractivity contribution is 6.32. The molecule has 0 saturated carbocycles. The van der Waals surface area contributed by atoms with Crippen LogP contribution in [0.2, 0.25) is 5.02 Å². The zero-order chi connectivity index (χ0) is 12.8. The van der Waals surface area contributed by atoms with E-state index in [1.165, 1.54) is 18.3 Å². The van der Waals surface area contributed by atoms with E-state index in [9.17, 15) is 9.18 Å². The van der Waals surface area contributed by atoms with Crippen LogP contribution in [0, 0.1) is 5.82 Å². The highest BCUT2D eigenvalue weighted by atomic mass is 35.5. The number of halogens is 2. The number of carbonyl (C=O) groups is 1. The van der Waals surface area contributed by atoms with Crippen LogP contribution in [-0.4, -0.2) is 18.9 Å². The molecule has 0 atom stereocenters. The lowest BCUT2D eigenvalue weighted by atomic mass is 10.2. The summed E-state index contributed by atoms with van der Waals surface area (Å²) in [5.41, 5.74) is 7.16. The first-order valence-electron chi connectivity index (χ1n) is 4.75. The number of amides is 2. The number of rotatable bonds is 4. The van der Waals surface area contributed by atoms with Crippen molar-refractivity contribution in [3.8, 4) is 5.75 Å². The number of nitrogens with one attached hydrogen (secondary N) is 1. The predicted molar refractivity (Wildman–Crippen MR) is 62.9 cm³/mol. The molecule has 1 rings (SSSR count). The standard InChI is InChI=1S/C10H11ClFN3O2/c1-2-17-9-7(11)3-6(4-8(9)12)5-14-15-10(13)16/h3-5H,2H2,1H3,(H3,13,15,16). The Kier molecular flexibility index (Phi) is 4.71. The molecule has 0 spiro atoms. The highest BCUT2D eigenvalue weighted by Crippen LogP contribution is 2.28. The van der Waals surface area contributed by atoms with Crippen LogP contribution >= 0.6 is 11.6 Å². The Bertz CT molecular complexity index is 428. The fourth-order valence-corrected chi connectivity index (χ4v) is 1.38. The third-order valence-electron chi connectivity index (χ3n) is 1.70. The molecule has 0 unspecified atom stereocenters. The van der Waals surface area contributed by atoms with Crippen molar-refractivity contribution in [1.29, 1.82) is 0 Å². The molecule has 17 heavy (non-hydrogen) atoms. The molecule has 2 amide bonds. The zero-order valence-corrected chi connectivity index (χ0v) is 9.79. The van der Waals surface area contributed by atoms with Crippen molar-refractivity contribution in [3.05, 3.63) is 28.5 Å². The summed E-state index contributed by atoms with van der Waals surface area (Å²) in [5, 5.41) is 3.62. The van der Waals surface area contributed by atoms with Crippen LogP contribution in [0.4, 0.5) is 9.18 Å². The average Bonchev–Trinajstić information content (AvgIpc) is 2.23. The van der Waals surface area contributed by atoms with Gasteiger partial charge in [0, 0.05) is 0 Å². The predicted octanol–water partition coefficient (Wildman–Crippen LogP) is 1.88. The number of primary amides is 1. The SMILES string of the molecule is CCOc1c(F)cc(C=NNC(N)=O)cc1Cl. The number of hydrazone groups is 1. The van der Waals surface area contributed by atoms with E-state index < -0.39 is 11.8 Å². The molecule has 92 valence electrons. The fourth-order valence-electron chi connectivity index (χ4n) is 1.11. The molecule has 0 fully saturated rings. The molecule has 0 aromatic heterocycles. The molecule has 0 saturated heterocycles. The van der Waals surface area contributed by atoms with E-state index in [4.69, 9.17) is 22.1 Å². The van der Waals surface area contributed by atoms with Crippen molar-refractivity contribution < 1.29 is 13.9 Å². The van der Waals surface area contributed by atoms with Crippen LogP contribution in [0.1, 0.15) is 12.5 Å². The third-order valence-corrected chi connectivity index (χ3v) is 1.98. The summed E-state index contributed by atoms with van der Waals surface area (Å²) in [5.74, 6) is -0.603. The largest absolute Gasteiger partial charge is 0.489 e. The number of hydrogen-bond acceptors (Lipinski definition) is 3. The van der Waals surface area contributed by atoms with E-state index in [-0.39, 0.29) is 10.8 Å². The molecule has 0 aliphatic carbocycles. The maximum absolute atomic E-state index is 13.5. The number of urea groups is 1. The van der Waals surface area contributed by atoms with Crippen molar-refractivity contribution in [1.82, 2.24) is 5.43 Å². The van der Waals surface area contributed by atoms with Gasteiger partial charge in [0.15, 0.2) is 11.6 Å². The van der Waals surface area contributed by atoms with Crippen molar-refractivity contribution in [3.63, 3.8) is 0 Å². The van der Waals surface area contributed by atoms with Crippen molar-refractivity contribution in [2.24, 2.45) is 10.8 Å². The van der Waals surface area contributed by atoms with Gasteiger partial charge in [-0.25, -0.2) is 14.6 Å². The quantitative estimate of drug-likeness (QED) is 0.640. The molecular weight excluding hydrogens is 249 g/mol. The van der Waals surface area contributed by atoms with E-state index >= 15 is 0 Å². The first-order valence-corrected chi connectivity index (χ1v) is 5.12. The molecule has 5 nitrogen and oxygen atoms in total. The molecule has 3 N–H and O–H groups in total. The van der Waals surface area contributed by atoms with Gasteiger partial charge < -0.3 is 10.5 Å². The highest BCUT2D eigenvalue weighted by Gasteiger charge is 2.09. The Balaban J connectivity index is 2.90. The monoisotopic (exact) mass is 259 g/mol. The van der Waals surface area contributed by atoms with E-state index in [2.05, 4.69) is 5.10 Å². The van der Waals surface area contributed by atoms with E-state index in [0.717, 1.165) is 0 Å². The maximum Gasteiger partial charge on any atom is 0.332 e. The van der Waals surface area contributed by atoms with Crippen LogP contribution in [0.5, 0.6) is 5.75 Å². The van der Waals surface area contributed by atoms with Gasteiger partial charge >= 0.3 is 6.03 Å². The van der Waals surface area contributed by atoms with Gasteiger partial charge in [-0.2, -0.15) is 5.10 Å². The lowest BCUT2D eigenvalue weighted by Crippen LogP contribution is -2.24. The maximum atomic E-state index is 13.5. The first kappa shape index (κ1) is 13.2. The summed E-state index contributed by atoms with van der Waals surface area (Å²) < 4.78 is 18.5. The molecular formula is C10H11ClFN3O2. The van der Waals surface area contributed by atoms with Gasteiger partial charge in [0.2, 0.25) is 0 Å². The van der Waals surface area contributed by atoms with Gasteiger partial charge in [0.1, 0.15) is 0 Å². The average molecular weight is 260 g/mol. The fraction of sp³-hybridized carbons (Fsp3) is 0.200. The topological polar surface area (TPSA) is 76.7 Å². The number of nitrogens with zero attached hydrogens (tertiary/aromatic N) is 1. The summed E-state index contributed by atoms with van der Waals surface area (Å²) in [6.07, 6.45) is 1.22. The molecule has 7 heteroatoms. The number of ether oxygens (including phenoxy) is 1. The molecule has 1 aromatic rings. The summed E-state index contributed by atoms with van der Waals surface area (Å²) in [6.45, 7) is 2.04. The summed E-state index contributed by atoms with van der Waals surface area (Å²) in [6, 6.07) is 1.84. The van der Waals surface area contributed by atoms with Gasteiger partial charge in [-0.15, -0.1) is 0 Å². The van der Waals surface area contributed by atoms with E-state index in [1.807, 2.05) is 5.43 Å². The van der Waals surface area contributed by atoms with E-state index in [1.54, 1.807) is 6.92 Å². The second-order valence-corrected chi connectivity index (χ2v) is 3.39. The smallest absolute Gasteiger partial charge is 0.332 e. The minimum absolute atomic E-state index is 0.00539. The summed E-state index contributed by atoms with van der Waals surface area (Å²) in [7, 11) is 0. The number of hydrogen-bond donors (Lipinski definition) is 2. The van der Waals surface area contributed by atoms with Gasteiger partial charge in [-0.3, -0.25) is 0 Å². The van der Waals surface area contributed by atoms with Crippen LogP contribution in [0.25, 0.3) is 0 Å². The van der Waals surface area contributed by atoms with Crippen molar-refractivity contribution >= 4 is 23.8 Å². The van der Waals surface area contributed by atoms with Gasteiger partial charge in [0.25, 0.3) is 0 Å². The van der Waals surface area contributed by atoms with Gasteiger partial charge in [0.05, 0.1) is 17.8 Å². The van der Waals surface area contributed by atoms with Crippen LogP contribution in [-0.2, 0) is 0 Å². The molecule has 0 bridgehead atoms. The van der Waals surface area contributed by atoms with Crippen LogP contribution in [0.3, 0.4) is 0 Å². The number of benzene rings is 1. The Morgan fingerprint density at radius 1 is 1.71 bits per heavy atom. The van der Waals surface area contributed by atoms with Crippen molar-refractivity contribution in [2.75, 3.05) is 6.61 Å². The Hall–Kier alpha value is -1.82. The third kappa shape index (κ3) is 3.92. The van der Waals surface area contributed by atoms with Crippen LogP contribution in [0.15, 0.2) is 17.2 Å².